The highest BCUT2D eigenvalue weighted by Crippen LogP contribution is 2.35. The summed E-state index contributed by atoms with van der Waals surface area (Å²) in [6, 6.07) is 10.3. The first-order valence-electron chi connectivity index (χ1n) is 6.81. The standard InChI is InChI=1S/C15H17Cl2N3/c1-10(2)12-9-20-13(8-19(12)17)14(16)15(18-20)11-6-4-3-5-7-11/h3-7,10,12H,8-9H2,1-2H3/t12-/m0/s1. The molecule has 0 bridgehead atoms. The minimum absolute atomic E-state index is 0.281. The molecule has 0 fully saturated rings. The summed E-state index contributed by atoms with van der Waals surface area (Å²) in [6.45, 7) is 5.76. The van der Waals surface area contributed by atoms with E-state index in [9.17, 15) is 0 Å². The van der Waals surface area contributed by atoms with E-state index >= 15 is 0 Å². The lowest BCUT2D eigenvalue weighted by molar-refractivity contribution is 0.192. The molecule has 20 heavy (non-hydrogen) atoms. The molecule has 0 radical (unpaired) electrons. The van der Waals surface area contributed by atoms with Gasteiger partial charge in [-0.25, -0.2) is 4.42 Å². The molecule has 0 saturated carbocycles. The van der Waals surface area contributed by atoms with Crippen LogP contribution in [0.5, 0.6) is 0 Å². The monoisotopic (exact) mass is 309 g/mol. The highest BCUT2D eigenvalue weighted by atomic mass is 35.5. The smallest absolute Gasteiger partial charge is 0.111 e. The molecule has 0 unspecified atom stereocenters. The van der Waals surface area contributed by atoms with Crippen molar-refractivity contribution in [1.82, 2.24) is 14.2 Å². The van der Waals surface area contributed by atoms with Crippen LogP contribution in [0.3, 0.4) is 0 Å². The second kappa shape index (κ2) is 5.40. The summed E-state index contributed by atoms with van der Waals surface area (Å²) in [4.78, 5) is 0. The normalized spacial score (nSPS) is 19.4. The maximum absolute atomic E-state index is 6.50. The van der Waals surface area contributed by atoms with Crippen LogP contribution in [0.4, 0.5) is 0 Å². The average molecular weight is 310 g/mol. The van der Waals surface area contributed by atoms with Crippen LogP contribution < -0.4 is 0 Å². The first-order chi connectivity index (χ1) is 9.58. The molecule has 2 aromatic rings. The largest absolute Gasteiger partial charge is 0.264 e. The Morgan fingerprint density at radius 3 is 2.60 bits per heavy atom. The number of aromatic nitrogens is 2. The summed E-state index contributed by atoms with van der Waals surface area (Å²) < 4.78 is 3.86. The predicted molar refractivity (Wildman–Crippen MR) is 82.7 cm³/mol. The van der Waals surface area contributed by atoms with Crippen LogP contribution in [0.25, 0.3) is 11.3 Å². The second-order valence-electron chi connectivity index (χ2n) is 5.53. The Balaban J connectivity index is 2.01. The van der Waals surface area contributed by atoms with Crippen molar-refractivity contribution in [2.45, 2.75) is 33.0 Å². The number of fused-ring (bicyclic) bond motifs is 1. The molecule has 1 atom stereocenters. The molecule has 1 aliphatic rings. The third kappa shape index (κ3) is 2.34. The van der Waals surface area contributed by atoms with Crippen molar-refractivity contribution >= 4 is 23.4 Å². The van der Waals surface area contributed by atoms with Crippen molar-refractivity contribution in [1.29, 1.82) is 0 Å². The molecule has 0 amide bonds. The lowest BCUT2D eigenvalue weighted by atomic mass is 10.0. The minimum Gasteiger partial charge on any atom is -0.264 e. The number of benzene rings is 1. The van der Waals surface area contributed by atoms with E-state index in [1.54, 1.807) is 0 Å². The van der Waals surface area contributed by atoms with Gasteiger partial charge in [-0.1, -0.05) is 55.8 Å². The van der Waals surface area contributed by atoms with Crippen LogP contribution in [0.1, 0.15) is 19.5 Å². The van der Waals surface area contributed by atoms with E-state index in [1.807, 2.05) is 39.4 Å². The molecule has 1 aliphatic heterocycles. The molecule has 0 aliphatic carbocycles. The van der Waals surface area contributed by atoms with Crippen molar-refractivity contribution < 1.29 is 0 Å². The summed E-state index contributed by atoms with van der Waals surface area (Å²) in [5, 5.41) is 5.40. The highest BCUT2D eigenvalue weighted by Gasteiger charge is 2.31. The maximum atomic E-state index is 6.50. The fraction of sp³-hybridized carbons (Fsp3) is 0.400. The number of rotatable bonds is 2. The van der Waals surface area contributed by atoms with Crippen LogP contribution in [-0.2, 0) is 13.1 Å². The lowest BCUT2D eigenvalue weighted by Gasteiger charge is -2.33. The third-order valence-corrected chi connectivity index (χ3v) is 4.60. The van der Waals surface area contributed by atoms with Crippen LogP contribution >= 0.6 is 23.4 Å². The van der Waals surface area contributed by atoms with Crippen molar-refractivity contribution in [3.8, 4) is 11.3 Å². The molecule has 0 spiro atoms. The second-order valence-corrected chi connectivity index (χ2v) is 6.34. The Hall–Kier alpha value is -1.03. The van der Waals surface area contributed by atoms with E-state index in [0.29, 0.717) is 17.5 Å². The lowest BCUT2D eigenvalue weighted by Crippen LogP contribution is -2.41. The van der Waals surface area contributed by atoms with E-state index in [2.05, 4.69) is 18.9 Å². The fourth-order valence-corrected chi connectivity index (χ4v) is 3.32. The Kier molecular flexibility index (Phi) is 3.76. The molecule has 3 rings (SSSR count). The summed E-state index contributed by atoms with van der Waals surface area (Å²) in [7, 11) is 0. The fourth-order valence-electron chi connectivity index (χ4n) is 2.62. The molecule has 1 aromatic carbocycles. The van der Waals surface area contributed by atoms with Gasteiger partial charge < -0.3 is 0 Å². The number of nitrogens with zero attached hydrogens (tertiary/aromatic N) is 3. The third-order valence-electron chi connectivity index (χ3n) is 3.83. The zero-order valence-electron chi connectivity index (χ0n) is 11.6. The van der Waals surface area contributed by atoms with Gasteiger partial charge in [0.15, 0.2) is 0 Å². The summed E-state index contributed by atoms with van der Waals surface area (Å²) in [5.41, 5.74) is 2.88. The molecular weight excluding hydrogens is 293 g/mol. The van der Waals surface area contributed by atoms with Gasteiger partial charge in [0.25, 0.3) is 0 Å². The van der Waals surface area contributed by atoms with Gasteiger partial charge in [-0.05, 0) is 17.7 Å². The first kappa shape index (κ1) is 13.9. The summed E-state index contributed by atoms with van der Waals surface area (Å²) >= 11 is 12.9. The van der Waals surface area contributed by atoms with Crippen LogP contribution in [0, 0.1) is 5.92 Å². The van der Waals surface area contributed by atoms with Crippen LogP contribution in [0.2, 0.25) is 5.02 Å². The van der Waals surface area contributed by atoms with Gasteiger partial charge in [-0.3, -0.25) is 4.68 Å². The molecule has 1 aromatic heterocycles. The number of halogens is 2. The quantitative estimate of drug-likeness (QED) is 0.775. The highest BCUT2D eigenvalue weighted by molar-refractivity contribution is 6.33. The summed E-state index contributed by atoms with van der Waals surface area (Å²) in [5.74, 6) is 0.476. The molecular formula is C15H17Cl2N3. The van der Waals surface area contributed by atoms with Crippen LogP contribution in [-0.4, -0.2) is 20.2 Å². The SMILES string of the molecule is CC(C)[C@@H]1Cn2nc(-c3ccccc3)c(Cl)c2CN1Cl. The van der Waals surface area contributed by atoms with Gasteiger partial charge in [-0.2, -0.15) is 5.10 Å². The molecule has 5 heteroatoms. The molecule has 2 heterocycles. The molecule has 106 valence electrons. The minimum atomic E-state index is 0.281. The first-order valence-corrected chi connectivity index (χ1v) is 7.52. The number of hydrogen-bond acceptors (Lipinski definition) is 2. The van der Waals surface area contributed by atoms with Crippen LogP contribution in [0.15, 0.2) is 30.3 Å². The van der Waals surface area contributed by atoms with Gasteiger partial charge in [0.2, 0.25) is 0 Å². The van der Waals surface area contributed by atoms with Gasteiger partial charge in [0.05, 0.1) is 23.8 Å². The molecule has 0 N–H and O–H groups in total. The predicted octanol–water partition coefficient (Wildman–Crippen LogP) is 4.20. The Morgan fingerprint density at radius 1 is 1.25 bits per heavy atom. The van der Waals surface area contributed by atoms with Gasteiger partial charge in [0.1, 0.15) is 5.69 Å². The van der Waals surface area contributed by atoms with Gasteiger partial charge in [-0.15, -0.1) is 0 Å². The summed E-state index contributed by atoms with van der Waals surface area (Å²) in [6.07, 6.45) is 0. The van der Waals surface area contributed by atoms with E-state index in [-0.39, 0.29) is 6.04 Å². The zero-order chi connectivity index (χ0) is 14.3. The van der Waals surface area contributed by atoms with E-state index in [0.717, 1.165) is 23.5 Å². The number of hydrogen-bond donors (Lipinski definition) is 0. The van der Waals surface area contributed by atoms with Crippen molar-refractivity contribution in [3.05, 3.63) is 41.0 Å². The average Bonchev–Trinajstić information content (AvgIpc) is 2.76. The van der Waals surface area contributed by atoms with Gasteiger partial charge >= 0.3 is 0 Å². The Bertz CT molecular complexity index is 607. The Morgan fingerprint density at radius 2 is 1.95 bits per heavy atom. The maximum Gasteiger partial charge on any atom is 0.111 e. The van der Waals surface area contributed by atoms with Crippen molar-refractivity contribution in [2.24, 2.45) is 5.92 Å². The van der Waals surface area contributed by atoms with Crippen molar-refractivity contribution in [3.63, 3.8) is 0 Å². The zero-order valence-corrected chi connectivity index (χ0v) is 13.1. The van der Waals surface area contributed by atoms with E-state index in [4.69, 9.17) is 23.4 Å². The topological polar surface area (TPSA) is 21.1 Å². The van der Waals surface area contributed by atoms with E-state index in [1.165, 1.54) is 0 Å². The van der Waals surface area contributed by atoms with Crippen molar-refractivity contribution in [2.75, 3.05) is 0 Å². The van der Waals surface area contributed by atoms with E-state index < -0.39 is 0 Å². The molecule has 0 saturated heterocycles. The van der Waals surface area contributed by atoms with Gasteiger partial charge in [0, 0.05) is 11.6 Å². The Labute approximate surface area is 129 Å². The molecule has 3 nitrogen and oxygen atoms in total.